The highest BCUT2D eigenvalue weighted by Gasteiger charge is 2.20. The zero-order chi connectivity index (χ0) is 19.2. The second-order valence-corrected chi connectivity index (χ2v) is 6.09. The number of hydrogen-bond acceptors (Lipinski definition) is 3. The van der Waals surface area contributed by atoms with Gasteiger partial charge in [0.1, 0.15) is 11.5 Å². The minimum Gasteiger partial charge on any atom is -0.465 e. The Hall–Kier alpha value is -3.60. The van der Waals surface area contributed by atoms with E-state index < -0.39 is 0 Å². The smallest absolute Gasteiger partial charge is 0.274 e. The number of nitrogens with one attached hydrogen (secondary N) is 1. The van der Waals surface area contributed by atoms with Gasteiger partial charge in [0.05, 0.1) is 6.26 Å². The molecule has 0 bridgehead atoms. The maximum Gasteiger partial charge on any atom is 0.274 e. The summed E-state index contributed by atoms with van der Waals surface area (Å²) in [5.41, 5.74) is 2.42. The van der Waals surface area contributed by atoms with Gasteiger partial charge in [-0.3, -0.25) is 9.59 Å². The zero-order valence-electron chi connectivity index (χ0n) is 15.2. The van der Waals surface area contributed by atoms with Crippen molar-refractivity contribution in [2.45, 2.75) is 6.92 Å². The van der Waals surface area contributed by atoms with Crippen LogP contribution >= 0.6 is 0 Å². The minimum atomic E-state index is -0.362. The number of rotatable bonds is 5. The molecule has 0 aliphatic heterocycles. The predicted molar refractivity (Wildman–Crippen MR) is 105 cm³/mol. The average Bonchev–Trinajstić information content (AvgIpc) is 3.20. The highest BCUT2D eigenvalue weighted by atomic mass is 16.3. The van der Waals surface area contributed by atoms with E-state index in [1.54, 1.807) is 43.4 Å². The van der Waals surface area contributed by atoms with Crippen LogP contribution in [0.3, 0.4) is 0 Å². The van der Waals surface area contributed by atoms with Crippen molar-refractivity contribution in [3.05, 3.63) is 95.6 Å². The quantitative estimate of drug-likeness (QED) is 0.699. The van der Waals surface area contributed by atoms with Crippen molar-refractivity contribution in [3.63, 3.8) is 0 Å². The normalized spacial score (nSPS) is 11.1. The summed E-state index contributed by atoms with van der Waals surface area (Å²) in [4.78, 5) is 27.0. The van der Waals surface area contributed by atoms with Crippen molar-refractivity contribution in [3.8, 4) is 0 Å². The van der Waals surface area contributed by atoms with Crippen molar-refractivity contribution in [1.82, 2.24) is 5.32 Å². The minimum absolute atomic E-state index is 0.127. The van der Waals surface area contributed by atoms with E-state index in [0.717, 1.165) is 11.3 Å². The summed E-state index contributed by atoms with van der Waals surface area (Å²) in [7, 11) is 1.66. The van der Waals surface area contributed by atoms with Gasteiger partial charge in [-0.1, -0.05) is 35.9 Å². The Morgan fingerprint density at radius 1 is 0.963 bits per heavy atom. The number of nitrogens with zero attached hydrogens (tertiary/aromatic N) is 1. The zero-order valence-corrected chi connectivity index (χ0v) is 15.2. The number of aryl methyl sites for hydroxylation is 1. The molecule has 2 aromatic carbocycles. The lowest BCUT2D eigenvalue weighted by atomic mass is 10.2. The molecule has 0 saturated carbocycles. The summed E-state index contributed by atoms with van der Waals surface area (Å²) in [6.45, 7) is 1.98. The predicted octanol–water partition coefficient (Wildman–Crippen LogP) is 4.02. The molecule has 0 radical (unpaired) electrons. The van der Waals surface area contributed by atoms with Gasteiger partial charge in [0.15, 0.2) is 0 Å². The van der Waals surface area contributed by atoms with E-state index in [1.165, 1.54) is 17.2 Å². The monoisotopic (exact) mass is 360 g/mol. The van der Waals surface area contributed by atoms with Gasteiger partial charge in [-0.05, 0) is 43.3 Å². The largest absolute Gasteiger partial charge is 0.465 e. The second-order valence-electron chi connectivity index (χ2n) is 6.09. The summed E-state index contributed by atoms with van der Waals surface area (Å²) in [5.74, 6) is -0.234. The molecule has 0 spiro atoms. The molecule has 0 fully saturated rings. The first-order valence-corrected chi connectivity index (χ1v) is 8.51. The molecule has 5 heteroatoms. The van der Waals surface area contributed by atoms with Crippen LogP contribution < -0.4 is 10.2 Å². The van der Waals surface area contributed by atoms with Gasteiger partial charge in [-0.15, -0.1) is 0 Å². The molecule has 1 N–H and O–H groups in total. The van der Waals surface area contributed by atoms with Crippen LogP contribution in [0.25, 0.3) is 6.08 Å². The number of carbonyl (C=O) groups is 2. The third kappa shape index (κ3) is 4.52. The highest BCUT2D eigenvalue weighted by Crippen LogP contribution is 2.17. The van der Waals surface area contributed by atoms with Crippen molar-refractivity contribution in [2.24, 2.45) is 0 Å². The maximum absolute atomic E-state index is 13.0. The van der Waals surface area contributed by atoms with Crippen LogP contribution in [-0.4, -0.2) is 18.9 Å². The van der Waals surface area contributed by atoms with Gasteiger partial charge in [0.25, 0.3) is 11.8 Å². The van der Waals surface area contributed by atoms with Crippen LogP contribution in [0.1, 0.15) is 21.7 Å². The maximum atomic E-state index is 13.0. The molecule has 0 unspecified atom stereocenters. The molecule has 0 aliphatic rings. The summed E-state index contributed by atoms with van der Waals surface area (Å²) in [5, 5.41) is 2.70. The number of amides is 2. The number of benzene rings is 2. The van der Waals surface area contributed by atoms with Crippen molar-refractivity contribution >= 4 is 23.6 Å². The van der Waals surface area contributed by atoms with Gasteiger partial charge >= 0.3 is 0 Å². The summed E-state index contributed by atoms with van der Waals surface area (Å²) in [6.07, 6.45) is 3.03. The van der Waals surface area contributed by atoms with Gasteiger partial charge in [0, 0.05) is 24.4 Å². The lowest BCUT2D eigenvalue weighted by Crippen LogP contribution is -2.36. The van der Waals surface area contributed by atoms with Crippen molar-refractivity contribution in [2.75, 3.05) is 11.9 Å². The SMILES string of the molecule is Cc1ccc(N(C)C(=O)/C(=C/c2ccco2)NC(=O)c2ccccc2)cc1. The standard InChI is InChI=1S/C22H20N2O3/c1-16-10-12-18(13-11-16)24(2)22(26)20(15-19-9-6-14-27-19)23-21(25)17-7-4-3-5-8-17/h3-15H,1-2H3,(H,23,25)/b20-15-. The number of hydrogen-bond donors (Lipinski definition) is 1. The molecule has 2 amide bonds. The van der Waals surface area contributed by atoms with Gasteiger partial charge < -0.3 is 14.6 Å². The first-order chi connectivity index (χ1) is 13.0. The number of likely N-dealkylation sites (N-methyl/N-ethyl adjacent to an activating group) is 1. The molecule has 0 saturated heterocycles. The number of carbonyl (C=O) groups excluding carboxylic acids is 2. The third-order valence-electron chi connectivity index (χ3n) is 4.07. The molecule has 0 atom stereocenters. The van der Waals surface area contributed by atoms with Crippen LogP contribution in [0.15, 0.2) is 83.1 Å². The Balaban J connectivity index is 1.88. The van der Waals surface area contributed by atoms with Crippen molar-refractivity contribution < 1.29 is 14.0 Å². The Kier molecular flexibility index (Phi) is 5.52. The van der Waals surface area contributed by atoms with E-state index in [2.05, 4.69) is 5.32 Å². The Bertz CT molecular complexity index is 943. The van der Waals surface area contributed by atoms with Crippen LogP contribution in [0.5, 0.6) is 0 Å². The number of anilines is 1. The van der Waals surface area contributed by atoms with E-state index in [0.29, 0.717) is 11.3 Å². The fourth-order valence-electron chi connectivity index (χ4n) is 2.52. The van der Waals surface area contributed by atoms with E-state index in [9.17, 15) is 9.59 Å². The highest BCUT2D eigenvalue weighted by molar-refractivity contribution is 6.11. The van der Waals surface area contributed by atoms with E-state index in [1.807, 2.05) is 37.3 Å². The van der Waals surface area contributed by atoms with Gasteiger partial charge in [-0.2, -0.15) is 0 Å². The fraction of sp³-hybridized carbons (Fsp3) is 0.0909. The molecule has 3 aromatic rings. The van der Waals surface area contributed by atoms with Crippen LogP contribution in [0, 0.1) is 6.92 Å². The molecule has 1 heterocycles. The van der Waals surface area contributed by atoms with Crippen molar-refractivity contribution in [1.29, 1.82) is 0 Å². The lowest BCUT2D eigenvalue weighted by molar-refractivity contribution is -0.115. The molecule has 1 aromatic heterocycles. The summed E-state index contributed by atoms with van der Waals surface area (Å²) >= 11 is 0. The molecule has 136 valence electrons. The summed E-state index contributed by atoms with van der Waals surface area (Å²) < 4.78 is 5.30. The van der Waals surface area contributed by atoms with E-state index >= 15 is 0 Å². The Labute approximate surface area is 157 Å². The van der Waals surface area contributed by atoms with E-state index in [4.69, 9.17) is 4.42 Å². The third-order valence-corrected chi connectivity index (χ3v) is 4.07. The molecular formula is C22H20N2O3. The van der Waals surface area contributed by atoms with E-state index in [-0.39, 0.29) is 17.5 Å². The molecule has 0 aliphatic carbocycles. The first kappa shape index (κ1) is 18.2. The lowest BCUT2D eigenvalue weighted by Gasteiger charge is -2.20. The second kappa shape index (κ2) is 8.19. The molecule has 27 heavy (non-hydrogen) atoms. The van der Waals surface area contributed by atoms with Gasteiger partial charge in [0.2, 0.25) is 0 Å². The summed E-state index contributed by atoms with van der Waals surface area (Å²) in [6, 6.07) is 19.7. The van der Waals surface area contributed by atoms with Crippen LogP contribution in [0.4, 0.5) is 5.69 Å². The van der Waals surface area contributed by atoms with Crippen LogP contribution in [0.2, 0.25) is 0 Å². The van der Waals surface area contributed by atoms with Crippen LogP contribution in [-0.2, 0) is 4.79 Å². The average molecular weight is 360 g/mol. The Morgan fingerprint density at radius 3 is 2.30 bits per heavy atom. The van der Waals surface area contributed by atoms with Gasteiger partial charge in [-0.25, -0.2) is 0 Å². The topological polar surface area (TPSA) is 62.6 Å². The number of furan rings is 1. The molecule has 3 rings (SSSR count). The molecular weight excluding hydrogens is 340 g/mol. The fourth-order valence-corrected chi connectivity index (χ4v) is 2.52. The molecule has 5 nitrogen and oxygen atoms in total. The Morgan fingerprint density at radius 2 is 1.67 bits per heavy atom. The first-order valence-electron chi connectivity index (χ1n) is 8.51.